The molecule has 0 saturated carbocycles. The molecular formula is C43H63F2N3O6SSi2. The Labute approximate surface area is 344 Å². The molecule has 2 amide bonds. The van der Waals surface area contributed by atoms with Crippen LogP contribution >= 0.6 is 11.8 Å². The number of aromatic nitrogens is 1. The van der Waals surface area contributed by atoms with Gasteiger partial charge >= 0.3 is 11.9 Å². The van der Waals surface area contributed by atoms with Crippen LogP contribution in [0, 0.1) is 17.0 Å². The Bertz CT molecular complexity index is 1800. The van der Waals surface area contributed by atoms with Crippen molar-refractivity contribution in [1.82, 2.24) is 14.8 Å². The third-order valence-electron chi connectivity index (χ3n) is 9.49. The summed E-state index contributed by atoms with van der Waals surface area (Å²) in [6.07, 6.45) is 3.21. The number of benzene rings is 2. The lowest BCUT2D eigenvalue weighted by molar-refractivity contribution is -0.143. The number of carbonyl (C=O) groups excluding carboxylic acids is 3. The van der Waals surface area contributed by atoms with Gasteiger partial charge in [0.2, 0.25) is 11.8 Å². The molecule has 0 saturated heterocycles. The van der Waals surface area contributed by atoms with E-state index >= 15 is 4.39 Å². The van der Waals surface area contributed by atoms with Gasteiger partial charge in [0, 0.05) is 70.8 Å². The summed E-state index contributed by atoms with van der Waals surface area (Å²) in [7, 11) is -2.88. The molecule has 14 heteroatoms. The second-order valence-electron chi connectivity index (χ2n) is 18.3. The Hall–Kier alpha value is -3.76. The number of rotatable bonds is 22. The average molecular weight is 844 g/mol. The van der Waals surface area contributed by atoms with E-state index in [1.54, 1.807) is 11.1 Å². The van der Waals surface area contributed by atoms with Gasteiger partial charge in [0.25, 0.3) is 0 Å². The number of hydrogen-bond donors (Lipinski definition) is 2. The Morgan fingerprint density at radius 1 is 0.912 bits per heavy atom. The highest BCUT2D eigenvalue weighted by molar-refractivity contribution is 8.00. The molecule has 2 atom stereocenters. The molecule has 0 spiro atoms. The van der Waals surface area contributed by atoms with Gasteiger partial charge < -0.3 is 24.6 Å². The maximum atomic E-state index is 15.2. The predicted octanol–water partition coefficient (Wildman–Crippen LogP) is 9.48. The number of carbonyl (C=O) groups is 4. The number of thioether (sulfide) groups is 1. The first-order valence-electron chi connectivity index (χ1n) is 19.8. The normalized spacial score (nSPS) is 13.2. The molecule has 0 unspecified atom stereocenters. The van der Waals surface area contributed by atoms with E-state index in [1.807, 2.05) is 61.7 Å². The Morgan fingerprint density at radius 2 is 1.58 bits per heavy atom. The minimum absolute atomic E-state index is 0.00950. The van der Waals surface area contributed by atoms with E-state index < -0.39 is 51.3 Å². The number of halogens is 2. The Balaban J connectivity index is 1.96. The van der Waals surface area contributed by atoms with Crippen LogP contribution < -0.4 is 5.32 Å². The lowest BCUT2D eigenvalue weighted by Gasteiger charge is -2.41. The number of aliphatic carboxylic acids is 1. The quantitative estimate of drug-likeness (QED) is 0.0588. The largest absolute Gasteiger partial charge is 0.480 e. The van der Waals surface area contributed by atoms with Gasteiger partial charge in [-0.05, 0) is 60.2 Å². The van der Waals surface area contributed by atoms with Crippen LogP contribution in [0.3, 0.4) is 0 Å². The molecule has 1 aromatic heterocycles. The van der Waals surface area contributed by atoms with Crippen LogP contribution in [0.5, 0.6) is 0 Å². The van der Waals surface area contributed by atoms with Crippen molar-refractivity contribution in [2.75, 3.05) is 24.7 Å². The number of amides is 2. The highest BCUT2D eigenvalue weighted by atomic mass is 32.2. The third kappa shape index (κ3) is 16.6. The zero-order chi connectivity index (χ0) is 42.6. The standard InChI is InChI=1S/C43H63F2N3O6SSi2/c1-43(2,3)41(37-25-32(34-26-33(44)18-19-35(34)45)28-47(37)27-31-15-11-10-12-16-31)48(21-14-13-17-40(51)54-22-24-57(7,8)9)39(50)30-55-29-36(42(52)53)46-38(49)20-23-56(4,5)6/h10-12,15-16,18-19,25-26,28,36,41H,13-14,17,20-24,27,29-30H2,1-9H3,(H,46,49)(H,52,53)/t36-,41-/m0/s1. The number of carboxylic acid groups (broad SMARTS) is 1. The second kappa shape index (κ2) is 21.3. The molecular weight excluding hydrogens is 781 g/mol. The maximum Gasteiger partial charge on any atom is 0.327 e. The number of unbranched alkanes of at least 4 members (excludes halogenated alkanes) is 1. The van der Waals surface area contributed by atoms with E-state index in [-0.39, 0.29) is 54.2 Å². The van der Waals surface area contributed by atoms with Crippen LogP contribution in [0.15, 0.2) is 60.8 Å². The van der Waals surface area contributed by atoms with E-state index in [4.69, 9.17) is 4.74 Å². The van der Waals surface area contributed by atoms with Gasteiger partial charge in [-0.3, -0.25) is 14.4 Å². The fourth-order valence-electron chi connectivity index (χ4n) is 6.38. The van der Waals surface area contributed by atoms with Crippen molar-refractivity contribution in [2.24, 2.45) is 5.41 Å². The average Bonchev–Trinajstić information content (AvgIpc) is 3.50. The first-order chi connectivity index (χ1) is 26.5. The Morgan fingerprint density at radius 3 is 2.19 bits per heavy atom. The molecule has 2 aromatic carbocycles. The van der Waals surface area contributed by atoms with Crippen LogP contribution in [0.2, 0.25) is 51.4 Å². The van der Waals surface area contributed by atoms with E-state index in [0.29, 0.717) is 37.3 Å². The van der Waals surface area contributed by atoms with Crippen molar-refractivity contribution >= 4 is 51.7 Å². The topological polar surface area (TPSA) is 118 Å². The number of hydrogen-bond acceptors (Lipinski definition) is 6. The summed E-state index contributed by atoms with van der Waals surface area (Å²) >= 11 is 1.14. The predicted molar refractivity (Wildman–Crippen MR) is 232 cm³/mol. The molecule has 314 valence electrons. The first kappa shape index (κ1) is 47.6. The lowest BCUT2D eigenvalue weighted by Crippen LogP contribution is -2.45. The fraction of sp³-hybridized carbons (Fsp3) is 0.535. The monoisotopic (exact) mass is 843 g/mol. The summed E-state index contributed by atoms with van der Waals surface area (Å²) in [5.41, 5.74) is 1.68. The Kier molecular flexibility index (Phi) is 17.8. The molecule has 3 rings (SSSR count). The zero-order valence-electron chi connectivity index (χ0n) is 35.3. The van der Waals surface area contributed by atoms with Crippen molar-refractivity contribution in [1.29, 1.82) is 0 Å². The molecule has 0 aliphatic heterocycles. The van der Waals surface area contributed by atoms with Crippen molar-refractivity contribution in [3.63, 3.8) is 0 Å². The van der Waals surface area contributed by atoms with Crippen LogP contribution in [0.4, 0.5) is 8.78 Å². The SMILES string of the molecule is CC(C)(C)[C@H](c1cc(-c2cc(F)ccc2F)cn1Cc1ccccc1)N(CCCCC(=O)OCC[Si](C)(C)C)C(=O)CSC[C@H](NC(=O)CC[Si](C)(C)C)C(=O)O. The summed E-state index contributed by atoms with van der Waals surface area (Å²) < 4.78 is 37.2. The smallest absolute Gasteiger partial charge is 0.327 e. The third-order valence-corrected chi connectivity index (χ3v) is 14.0. The summed E-state index contributed by atoms with van der Waals surface area (Å²) in [6.45, 7) is 20.2. The van der Waals surface area contributed by atoms with Crippen LogP contribution in [-0.4, -0.2) is 85.2 Å². The molecule has 0 aliphatic rings. The van der Waals surface area contributed by atoms with Crippen LogP contribution in [0.25, 0.3) is 11.1 Å². The van der Waals surface area contributed by atoms with Gasteiger partial charge in [0.05, 0.1) is 18.4 Å². The molecule has 3 aromatic rings. The number of carboxylic acids is 1. The first-order valence-corrected chi connectivity index (χ1v) is 28.4. The van der Waals surface area contributed by atoms with E-state index in [1.165, 1.54) is 6.07 Å². The molecule has 0 bridgehead atoms. The van der Waals surface area contributed by atoms with Gasteiger partial charge in [0.1, 0.15) is 17.7 Å². The molecule has 57 heavy (non-hydrogen) atoms. The van der Waals surface area contributed by atoms with Gasteiger partial charge in [-0.15, -0.1) is 11.8 Å². The number of esters is 1. The fourth-order valence-corrected chi connectivity index (χ4v) is 8.99. The van der Waals surface area contributed by atoms with E-state index in [2.05, 4.69) is 44.6 Å². The van der Waals surface area contributed by atoms with Crippen molar-refractivity contribution in [3.8, 4) is 11.1 Å². The van der Waals surface area contributed by atoms with Crippen LogP contribution in [-0.2, 0) is 30.5 Å². The lowest BCUT2D eigenvalue weighted by atomic mass is 9.83. The van der Waals surface area contributed by atoms with Gasteiger partial charge in [-0.25, -0.2) is 13.6 Å². The minimum atomic E-state index is -1.51. The summed E-state index contributed by atoms with van der Waals surface area (Å²) in [5, 5.41) is 12.6. The molecule has 0 aliphatic carbocycles. The van der Waals surface area contributed by atoms with Gasteiger partial charge in [-0.1, -0.05) is 90.4 Å². The minimum Gasteiger partial charge on any atom is -0.480 e. The number of nitrogens with one attached hydrogen (secondary N) is 1. The summed E-state index contributed by atoms with van der Waals surface area (Å²) in [5.74, 6) is -3.25. The molecule has 0 radical (unpaired) electrons. The van der Waals surface area contributed by atoms with E-state index in [0.717, 1.165) is 41.5 Å². The van der Waals surface area contributed by atoms with Crippen molar-refractivity contribution in [2.45, 2.75) is 116 Å². The molecule has 9 nitrogen and oxygen atoms in total. The highest BCUT2D eigenvalue weighted by Gasteiger charge is 2.37. The molecule has 0 fully saturated rings. The zero-order valence-corrected chi connectivity index (χ0v) is 38.1. The summed E-state index contributed by atoms with van der Waals surface area (Å²) in [4.78, 5) is 53.7. The maximum absolute atomic E-state index is 15.2. The highest BCUT2D eigenvalue weighted by Crippen LogP contribution is 2.41. The molecule has 2 N–H and O–H groups in total. The van der Waals surface area contributed by atoms with Crippen molar-refractivity contribution in [3.05, 3.63) is 83.7 Å². The van der Waals surface area contributed by atoms with Crippen molar-refractivity contribution < 1.29 is 37.8 Å². The van der Waals surface area contributed by atoms with E-state index in [9.17, 15) is 28.7 Å². The van der Waals surface area contributed by atoms with Gasteiger partial charge in [0.15, 0.2) is 0 Å². The summed E-state index contributed by atoms with van der Waals surface area (Å²) in [6, 6.07) is 14.7. The molecule has 1 heterocycles. The number of nitrogens with zero attached hydrogens (tertiary/aromatic N) is 2. The second-order valence-corrected chi connectivity index (χ2v) is 30.5. The van der Waals surface area contributed by atoms with Crippen LogP contribution in [0.1, 0.15) is 63.8 Å². The number of ether oxygens (including phenoxy) is 1. The van der Waals surface area contributed by atoms with Gasteiger partial charge in [-0.2, -0.15) is 0 Å².